The molecule has 0 unspecified atom stereocenters. The van der Waals surface area contributed by atoms with Crippen molar-refractivity contribution in [2.75, 3.05) is 31.6 Å². The van der Waals surface area contributed by atoms with Crippen molar-refractivity contribution in [1.29, 1.82) is 0 Å². The molecule has 2 heterocycles. The highest BCUT2D eigenvalue weighted by Gasteiger charge is 2.19. The van der Waals surface area contributed by atoms with Gasteiger partial charge in [-0.15, -0.1) is 11.3 Å². The van der Waals surface area contributed by atoms with Crippen LogP contribution in [0, 0.1) is 11.6 Å². The lowest BCUT2D eigenvalue weighted by molar-refractivity contribution is 0.0985. The fourth-order valence-corrected chi connectivity index (χ4v) is 5.45. The number of thiazole rings is 1. The van der Waals surface area contributed by atoms with Gasteiger partial charge in [0.15, 0.2) is 5.78 Å². The second-order valence-corrected chi connectivity index (χ2v) is 10.6. The Kier molecular flexibility index (Phi) is 9.81. The zero-order chi connectivity index (χ0) is 30.2. The van der Waals surface area contributed by atoms with E-state index in [9.17, 15) is 13.6 Å². The van der Waals surface area contributed by atoms with E-state index in [2.05, 4.69) is 34.0 Å². The smallest absolute Gasteiger partial charge is 0.227 e. The van der Waals surface area contributed by atoms with Gasteiger partial charge in [-0.1, -0.05) is 44.2 Å². The molecule has 1 N–H and O–H groups in total. The molecule has 0 saturated heterocycles. The molecule has 7 nitrogen and oxygen atoms in total. The van der Waals surface area contributed by atoms with Crippen molar-refractivity contribution in [3.63, 3.8) is 0 Å². The van der Waals surface area contributed by atoms with Crippen LogP contribution in [0.4, 0.5) is 20.4 Å². The van der Waals surface area contributed by atoms with Crippen LogP contribution in [0.25, 0.3) is 21.8 Å². The highest BCUT2D eigenvalue weighted by atomic mass is 32.1. The molecule has 0 radical (unpaired) electrons. The minimum Gasteiger partial charge on any atom is -0.492 e. The topological polar surface area (TPSA) is 80.2 Å². The summed E-state index contributed by atoms with van der Waals surface area (Å²) < 4.78 is 34.2. The van der Waals surface area contributed by atoms with Gasteiger partial charge in [0.25, 0.3) is 0 Å². The number of anilines is 2. The van der Waals surface area contributed by atoms with Gasteiger partial charge in [-0.05, 0) is 55.1 Å². The van der Waals surface area contributed by atoms with Gasteiger partial charge in [-0.25, -0.2) is 23.7 Å². The largest absolute Gasteiger partial charge is 0.492 e. The SMILES string of the molecule is CCN(CC)CCOc1cccc(Nc2nccc(-c3scnc3-c3cccc(CC(=O)c4c(F)cccc4F)c3)n2)c1. The molecular formula is C33H31F2N5O2S. The molecule has 0 spiro atoms. The Morgan fingerprint density at radius 3 is 2.51 bits per heavy atom. The molecule has 0 amide bonds. The van der Waals surface area contributed by atoms with Gasteiger partial charge in [-0.3, -0.25) is 4.79 Å². The number of hydrogen-bond donors (Lipinski definition) is 1. The summed E-state index contributed by atoms with van der Waals surface area (Å²) in [4.78, 5) is 29.5. The summed E-state index contributed by atoms with van der Waals surface area (Å²) in [5.41, 5.74) is 4.74. The van der Waals surface area contributed by atoms with Crippen LogP contribution in [-0.2, 0) is 6.42 Å². The number of nitrogens with one attached hydrogen (secondary N) is 1. The number of nitrogens with zero attached hydrogens (tertiary/aromatic N) is 4. The maximum atomic E-state index is 14.1. The summed E-state index contributed by atoms with van der Waals surface area (Å²) in [7, 11) is 0. The first kappa shape index (κ1) is 29.9. The molecule has 220 valence electrons. The molecule has 5 aromatic rings. The van der Waals surface area contributed by atoms with Gasteiger partial charge in [0.1, 0.15) is 24.0 Å². The molecule has 0 aliphatic heterocycles. The molecule has 3 aromatic carbocycles. The monoisotopic (exact) mass is 599 g/mol. The van der Waals surface area contributed by atoms with Crippen LogP contribution >= 0.6 is 11.3 Å². The summed E-state index contributed by atoms with van der Waals surface area (Å²) in [5, 5.41) is 3.26. The van der Waals surface area contributed by atoms with Crippen LogP contribution in [0.1, 0.15) is 29.8 Å². The van der Waals surface area contributed by atoms with Gasteiger partial charge >= 0.3 is 0 Å². The van der Waals surface area contributed by atoms with E-state index >= 15 is 0 Å². The molecule has 2 aromatic heterocycles. The second-order valence-electron chi connectivity index (χ2n) is 9.72. The summed E-state index contributed by atoms with van der Waals surface area (Å²) in [6.07, 6.45) is 1.53. The van der Waals surface area contributed by atoms with Gasteiger partial charge < -0.3 is 15.0 Å². The van der Waals surface area contributed by atoms with Crippen LogP contribution < -0.4 is 10.1 Å². The Hall–Kier alpha value is -4.54. The molecule has 5 rings (SSSR count). The third-order valence-corrected chi connectivity index (χ3v) is 7.77. The molecule has 0 atom stereocenters. The minimum atomic E-state index is -0.870. The van der Waals surface area contributed by atoms with E-state index in [1.807, 2.05) is 36.4 Å². The Morgan fingerprint density at radius 2 is 1.72 bits per heavy atom. The highest BCUT2D eigenvalue weighted by Crippen LogP contribution is 2.34. The van der Waals surface area contributed by atoms with Crippen molar-refractivity contribution in [3.05, 3.63) is 107 Å². The van der Waals surface area contributed by atoms with E-state index in [0.717, 1.165) is 53.6 Å². The van der Waals surface area contributed by atoms with E-state index in [1.165, 1.54) is 17.4 Å². The highest BCUT2D eigenvalue weighted by molar-refractivity contribution is 7.13. The van der Waals surface area contributed by atoms with Crippen molar-refractivity contribution >= 4 is 28.8 Å². The van der Waals surface area contributed by atoms with E-state index < -0.39 is 23.0 Å². The number of rotatable bonds is 13. The minimum absolute atomic E-state index is 0.148. The standard InChI is InChI=1S/C33H31F2N5O2S/c1-3-40(4-2)16-17-42-25-11-6-10-24(20-25)38-33-36-15-14-28(39-33)32-31(37-21-43-32)23-9-5-8-22(18-23)19-29(41)30-26(34)12-7-13-27(30)35/h5-15,18,20-21H,3-4,16-17,19H2,1-2H3,(H,36,38,39). The zero-order valence-corrected chi connectivity index (χ0v) is 24.7. The lowest BCUT2D eigenvalue weighted by Crippen LogP contribution is -2.27. The predicted molar refractivity (Wildman–Crippen MR) is 166 cm³/mol. The quantitative estimate of drug-likeness (QED) is 0.141. The summed E-state index contributed by atoms with van der Waals surface area (Å²) in [6.45, 7) is 7.69. The van der Waals surface area contributed by atoms with E-state index in [1.54, 1.807) is 29.9 Å². The van der Waals surface area contributed by atoms with Crippen molar-refractivity contribution in [2.45, 2.75) is 20.3 Å². The first-order chi connectivity index (χ1) is 20.9. The Labute approximate surface area is 253 Å². The first-order valence-electron chi connectivity index (χ1n) is 14.0. The molecule has 43 heavy (non-hydrogen) atoms. The third-order valence-electron chi connectivity index (χ3n) is 6.92. The van der Waals surface area contributed by atoms with Crippen molar-refractivity contribution < 1.29 is 18.3 Å². The predicted octanol–water partition coefficient (Wildman–Crippen LogP) is 7.43. The lowest BCUT2D eigenvalue weighted by atomic mass is 9.99. The zero-order valence-electron chi connectivity index (χ0n) is 23.9. The average molecular weight is 600 g/mol. The summed E-state index contributed by atoms with van der Waals surface area (Å²) in [6, 6.07) is 20.1. The van der Waals surface area contributed by atoms with Gasteiger partial charge in [0.05, 0.1) is 27.3 Å². The first-order valence-corrected chi connectivity index (χ1v) is 14.9. The summed E-state index contributed by atoms with van der Waals surface area (Å²) >= 11 is 1.43. The molecule has 0 saturated carbocycles. The number of ether oxygens (including phenoxy) is 1. The van der Waals surface area contributed by atoms with Crippen molar-refractivity contribution in [1.82, 2.24) is 19.9 Å². The van der Waals surface area contributed by atoms with Crippen LogP contribution in [0.3, 0.4) is 0 Å². The van der Waals surface area contributed by atoms with Gasteiger partial charge in [0.2, 0.25) is 5.95 Å². The number of carbonyl (C=O) groups excluding carboxylic acids is 1. The van der Waals surface area contributed by atoms with Gasteiger partial charge in [-0.2, -0.15) is 0 Å². The second kappa shape index (κ2) is 14.1. The van der Waals surface area contributed by atoms with E-state index in [-0.39, 0.29) is 6.42 Å². The van der Waals surface area contributed by atoms with E-state index in [0.29, 0.717) is 29.5 Å². The lowest BCUT2D eigenvalue weighted by Gasteiger charge is -2.18. The molecular weight excluding hydrogens is 568 g/mol. The molecule has 0 aliphatic rings. The van der Waals surface area contributed by atoms with Crippen molar-refractivity contribution in [2.24, 2.45) is 0 Å². The number of Topliss-reactive ketones (excluding diaryl/α,β-unsaturated/α-hetero) is 1. The summed E-state index contributed by atoms with van der Waals surface area (Å²) in [5.74, 6) is -1.19. The number of hydrogen-bond acceptors (Lipinski definition) is 8. The van der Waals surface area contributed by atoms with Crippen LogP contribution in [0.2, 0.25) is 0 Å². The fourth-order valence-electron chi connectivity index (χ4n) is 4.67. The number of likely N-dealkylation sites (N-methyl/N-ethyl adjacent to an activating group) is 1. The molecule has 0 bridgehead atoms. The molecule has 0 fully saturated rings. The number of benzene rings is 3. The van der Waals surface area contributed by atoms with Gasteiger partial charge in [0, 0.05) is 36.5 Å². The van der Waals surface area contributed by atoms with Crippen molar-refractivity contribution in [3.8, 4) is 27.6 Å². The Morgan fingerprint density at radius 1 is 0.953 bits per heavy atom. The fraction of sp³-hybridized carbons (Fsp3) is 0.212. The maximum absolute atomic E-state index is 14.1. The number of carbonyl (C=O) groups is 1. The molecule has 10 heteroatoms. The van der Waals surface area contributed by atoms with Crippen LogP contribution in [0.5, 0.6) is 5.75 Å². The normalized spacial score (nSPS) is 11.1. The maximum Gasteiger partial charge on any atom is 0.227 e. The van der Waals surface area contributed by atoms with E-state index in [4.69, 9.17) is 9.72 Å². The third kappa shape index (κ3) is 7.46. The number of ketones is 1. The number of halogens is 2. The molecule has 0 aliphatic carbocycles. The average Bonchev–Trinajstić information content (AvgIpc) is 3.50. The Bertz CT molecular complexity index is 1690. The Balaban J connectivity index is 1.31. The number of aromatic nitrogens is 3. The van der Waals surface area contributed by atoms with Crippen LogP contribution in [-0.4, -0.2) is 51.9 Å². The van der Waals surface area contributed by atoms with Crippen LogP contribution in [0.15, 0.2) is 84.5 Å².